The zero-order valence-corrected chi connectivity index (χ0v) is 13.4. The van der Waals surface area contributed by atoms with E-state index in [1.54, 1.807) is 6.07 Å². The maximum Gasteiger partial charge on any atom is 0.273 e. The van der Waals surface area contributed by atoms with Crippen LogP contribution in [0.5, 0.6) is 0 Å². The van der Waals surface area contributed by atoms with Crippen molar-refractivity contribution in [3.05, 3.63) is 65.1 Å². The van der Waals surface area contributed by atoms with E-state index in [1.807, 2.05) is 37.3 Å². The second kappa shape index (κ2) is 7.54. The number of carbonyl (C=O) groups is 1. The Balaban J connectivity index is 1.54. The first kappa shape index (κ1) is 15.9. The SMILES string of the molecule is CCCc1cc(C(=O)NCc2noc(Cc3ccccc3)n2)no1. The first-order valence-corrected chi connectivity index (χ1v) is 7.83. The second-order valence-electron chi connectivity index (χ2n) is 5.38. The Hall–Kier alpha value is -2.96. The predicted molar refractivity (Wildman–Crippen MR) is 85.2 cm³/mol. The Morgan fingerprint density at radius 1 is 1.17 bits per heavy atom. The quantitative estimate of drug-likeness (QED) is 0.717. The lowest BCUT2D eigenvalue weighted by molar-refractivity contribution is 0.0940. The molecule has 3 aromatic rings. The third-order valence-electron chi connectivity index (χ3n) is 3.40. The van der Waals surface area contributed by atoms with Gasteiger partial charge in [0, 0.05) is 12.5 Å². The lowest BCUT2D eigenvalue weighted by Gasteiger charge is -1.97. The first-order valence-electron chi connectivity index (χ1n) is 7.83. The van der Waals surface area contributed by atoms with Crippen molar-refractivity contribution in [3.63, 3.8) is 0 Å². The van der Waals surface area contributed by atoms with Crippen LogP contribution in [0.25, 0.3) is 0 Å². The Morgan fingerprint density at radius 3 is 2.79 bits per heavy atom. The van der Waals surface area contributed by atoms with Gasteiger partial charge in [-0.1, -0.05) is 47.6 Å². The molecule has 0 bridgehead atoms. The summed E-state index contributed by atoms with van der Waals surface area (Å²) < 4.78 is 10.3. The van der Waals surface area contributed by atoms with E-state index in [1.165, 1.54) is 0 Å². The zero-order chi connectivity index (χ0) is 16.8. The summed E-state index contributed by atoms with van der Waals surface area (Å²) in [4.78, 5) is 16.3. The predicted octanol–water partition coefficient (Wildman–Crippen LogP) is 2.53. The van der Waals surface area contributed by atoms with E-state index in [9.17, 15) is 4.79 Å². The van der Waals surface area contributed by atoms with Gasteiger partial charge in [-0.2, -0.15) is 4.98 Å². The van der Waals surface area contributed by atoms with Gasteiger partial charge in [0.2, 0.25) is 5.89 Å². The van der Waals surface area contributed by atoms with Gasteiger partial charge in [-0.25, -0.2) is 0 Å². The molecule has 0 spiro atoms. The van der Waals surface area contributed by atoms with Crippen LogP contribution in [0.3, 0.4) is 0 Å². The Kier molecular flexibility index (Phi) is 5.00. The highest BCUT2D eigenvalue weighted by molar-refractivity contribution is 5.92. The van der Waals surface area contributed by atoms with Gasteiger partial charge in [0.05, 0.1) is 13.0 Å². The van der Waals surface area contributed by atoms with Crippen LogP contribution >= 0.6 is 0 Å². The first-order chi connectivity index (χ1) is 11.7. The molecule has 0 unspecified atom stereocenters. The highest BCUT2D eigenvalue weighted by Gasteiger charge is 2.14. The van der Waals surface area contributed by atoms with Crippen LogP contribution in [0.4, 0.5) is 0 Å². The van der Waals surface area contributed by atoms with Gasteiger partial charge in [0.1, 0.15) is 5.76 Å². The number of aromatic nitrogens is 3. The molecule has 3 rings (SSSR count). The Bertz CT molecular complexity index is 795. The summed E-state index contributed by atoms with van der Waals surface area (Å²) >= 11 is 0. The molecule has 0 saturated heterocycles. The molecular weight excluding hydrogens is 308 g/mol. The summed E-state index contributed by atoms with van der Waals surface area (Å²) in [5, 5.41) is 10.3. The Labute approximate surface area is 139 Å². The van der Waals surface area contributed by atoms with E-state index in [2.05, 4.69) is 20.6 Å². The van der Waals surface area contributed by atoms with Crippen LogP contribution in [-0.2, 0) is 19.4 Å². The number of carbonyl (C=O) groups excluding carboxylic acids is 1. The summed E-state index contributed by atoms with van der Waals surface area (Å²) in [6, 6.07) is 11.5. The fraction of sp³-hybridized carbons (Fsp3) is 0.294. The van der Waals surface area contributed by atoms with Gasteiger partial charge in [-0.05, 0) is 12.0 Å². The average Bonchev–Trinajstić information content (AvgIpc) is 3.24. The van der Waals surface area contributed by atoms with Crippen molar-refractivity contribution in [1.82, 2.24) is 20.6 Å². The summed E-state index contributed by atoms with van der Waals surface area (Å²) in [5.74, 6) is 1.31. The molecule has 0 fully saturated rings. The van der Waals surface area contributed by atoms with Gasteiger partial charge >= 0.3 is 0 Å². The van der Waals surface area contributed by atoms with Crippen LogP contribution in [0.15, 0.2) is 45.4 Å². The smallest absolute Gasteiger partial charge is 0.273 e. The third-order valence-corrected chi connectivity index (χ3v) is 3.40. The van der Waals surface area contributed by atoms with Crippen molar-refractivity contribution in [2.24, 2.45) is 0 Å². The number of benzene rings is 1. The molecule has 24 heavy (non-hydrogen) atoms. The minimum atomic E-state index is -0.324. The summed E-state index contributed by atoms with van der Waals surface area (Å²) in [6.07, 6.45) is 2.25. The van der Waals surface area contributed by atoms with E-state index in [0.717, 1.165) is 18.4 Å². The highest BCUT2D eigenvalue weighted by atomic mass is 16.5. The van der Waals surface area contributed by atoms with Gasteiger partial charge in [0.25, 0.3) is 5.91 Å². The van der Waals surface area contributed by atoms with Crippen LogP contribution in [0, 0.1) is 0 Å². The molecular formula is C17H18N4O3. The largest absolute Gasteiger partial charge is 0.361 e. The van der Waals surface area contributed by atoms with Crippen molar-refractivity contribution in [3.8, 4) is 0 Å². The zero-order valence-electron chi connectivity index (χ0n) is 13.4. The number of hydrogen-bond donors (Lipinski definition) is 1. The molecule has 0 aliphatic rings. The number of rotatable bonds is 7. The van der Waals surface area contributed by atoms with E-state index in [0.29, 0.717) is 23.9 Å². The lowest BCUT2D eigenvalue weighted by Crippen LogP contribution is -2.23. The molecule has 0 radical (unpaired) electrons. The monoisotopic (exact) mass is 326 g/mol. The average molecular weight is 326 g/mol. The van der Waals surface area contributed by atoms with Crippen LogP contribution in [0.1, 0.15) is 46.9 Å². The minimum absolute atomic E-state index is 0.174. The molecule has 0 aliphatic heterocycles. The topological polar surface area (TPSA) is 94.1 Å². The standard InChI is InChI=1S/C17H18N4O3/c1-2-6-13-10-14(20-23-13)17(22)18-11-15-19-16(24-21-15)9-12-7-4-3-5-8-12/h3-5,7-8,10H,2,6,9,11H2,1H3,(H,18,22). The molecule has 0 aliphatic carbocycles. The van der Waals surface area contributed by atoms with Crippen LogP contribution < -0.4 is 5.32 Å². The fourth-order valence-corrected chi connectivity index (χ4v) is 2.24. The van der Waals surface area contributed by atoms with Crippen molar-refractivity contribution >= 4 is 5.91 Å². The molecule has 1 aromatic carbocycles. The van der Waals surface area contributed by atoms with Crippen molar-refractivity contribution in [2.45, 2.75) is 32.7 Å². The summed E-state index contributed by atoms with van der Waals surface area (Å²) in [6.45, 7) is 2.21. The highest BCUT2D eigenvalue weighted by Crippen LogP contribution is 2.08. The van der Waals surface area contributed by atoms with Gasteiger partial charge in [-0.15, -0.1) is 0 Å². The van der Waals surface area contributed by atoms with E-state index >= 15 is 0 Å². The van der Waals surface area contributed by atoms with Crippen molar-refractivity contribution in [1.29, 1.82) is 0 Å². The van der Waals surface area contributed by atoms with Gasteiger partial charge in [-0.3, -0.25) is 4.79 Å². The minimum Gasteiger partial charge on any atom is -0.361 e. The molecule has 2 heterocycles. The molecule has 7 heteroatoms. The van der Waals surface area contributed by atoms with E-state index in [-0.39, 0.29) is 18.1 Å². The molecule has 0 atom stereocenters. The summed E-state index contributed by atoms with van der Waals surface area (Å²) in [7, 11) is 0. The molecule has 1 amide bonds. The van der Waals surface area contributed by atoms with Gasteiger partial charge < -0.3 is 14.4 Å². The van der Waals surface area contributed by atoms with Crippen molar-refractivity contribution in [2.75, 3.05) is 0 Å². The van der Waals surface area contributed by atoms with Gasteiger partial charge in [0.15, 0.2) is 11.5 Å². The maximum absolute atomic E-state index is 12.0. The number of amides is 1. The molecule has 0 saturated carbocycles. The molecule has 124 valence electrons. The molecule has 1 N–H and O–H groups in total. The molecule has 7 nitrogen and oxygen atoms in total. The van der Waals surface area contributed by atoms with E-state index < -0.39 is 0 Å². The number of nitrogens with one attached hydrogen (secondary N) is 1. The lowest BCUT2D eigenvalue weighted by atomic mass is 10.1. The normalized spacial score (nSPS) is 10.7. The second-order valence-corrected chi connectivity index (χ2v) is 5.38. The fourth-order valence-electron chi connectivity index (χ4n) is 2.24. The van der Waals surface area contributed by atoms with Crippen LogP contribution in [-0.4, -0.2) is 21.2 Å². The van der Waals surface area contributed by atoms with Crippen LogP contribution in [0.2, 0.25) is 0 Å². The van der Waals surface area contributed by atoms with E-state index in [4.69, 9.17) is 9.05 Å². The third kappa shape index (κ3) is 4.07. The van der Waals surface area contributed by atoms with Crippen molar-refractivity contribution < 1.29 is 13.8 Å². The maximum atomic E-state index is 12.0. The number of hydrogen-bond acceptors (Lipinski definition) is 6. The Morgan fingerprint density at radius 2 is 2.00 bits per heavy atom. The molecule has 2 aromatic heterocycles. The number of aryl methyl sites for hydroxylation is 1. The number of nitrogens with zero attached hydrogens (tertiary/aromatic N) is 3. The summed E-state index contributed by atoms with van der Waals surface area (Å²) in [5.41, 5.74) is 1.34.